The number of carboxylic acids is 1. The molecule has 3 rings (SSSR count). The lowest BCUT2D eigenvalue weighted by molar-refractivity contribution is -0.148. The largest absolute Gasteiger partial charge is 0.480 e. The molecule has 1 aliphatic carbocycles. The first-order valence-electron chi connectivity index (χ1n) is 7.75. The van der Waals surface area contributed by atoms with E-state index in [-0.39, 0.29) is 11.9 Å². The van der Waals surface area contributed by atoms with Crippen LogP contribution in [0.2, 0.25) is 0 Å². The molecule has 1 aliphatic rings. The number of carboxylic acid groups (broad SMARTS) is 1. The molecule has 0 spiro atoms. The summed E-state index contributed by atoms with van der Waals surface area (Å²) in [6, 6.07) is 1.80. The zero-order chi connectivity index (χ0) is 16.8. The van der Waals surface area contributed by atoms with Gasteiger partial charge in [0.1, 0.15) is 5.54 Å². The number of fused-ring (bicyclic) bond motifs is 1. The number of aromatic nitrogens is 3. The highest BCUT2D eigenvalue weighted by Crippen LogP contribution is 2.33. The number of hydrogen-bond donors (Lipinski definition) is 2. The normalized spacial score (nSPS) is 16.3. The van der Waals surface area contributed by atoms with E-state index < -0.39 is 11.5 Å². The van der Waals surface area contributed by atoms with Gasteiger partial charge in [0.05, 0.1) is 17.1 Å². The first kappa shape index (κ1) is 15.5. The van der Waals surface area contributed by atoms with Gasteiger partial charge in [-0.25, -0.2) is 14.5 Å². The van der Waals surface area contributed by atoms with Gasteiger partial charge < -0.3 is 10.4 Å². The van der Waals surface area contributed by atoms with Crippen molar-refractivity contribution < 1.29 is 14.7 Å². The van der Waals surface area contributed by atoms with E-state index in [1.165, 1.54) is 0 Å². The van der Waals surface area contributed by atoms with Crippen LogP contribution in [0.5, 0.6) is 0 Å². The van der Waals surface area contributed by atoms with E-state index >= 15 is 0 Å². The molecule has 122 valence electrons. The summed E-state index contributed by atoms with van der Waals surface area (Å²) in [5.41, 5.74) is 0.632. The second kappa shape index (κ2) is 5.33. The van der Waals surface area contributed by atoms with E-state index in [1.807, 2.05) is 20.8 Å². The van der Waals surface area contributed by atoms with Crippen LogP contribution >= 0.6 is 0 Å². The zero-order valence-electron chi connectivity index (χ0n) is 13.5. The molecule has 1 saturated carbocycles. The quantitative estimate of drug-likeness (QED) is 0.900. The molecule has 2 N–H and O–H groups in total. The Morgan fingerprint density at radius 1 is 1.39 bits per heavy atom. The summed E-state index contributed by atoms with van der Waals surface area (Å²) >= 11 is 0. The van der Waals surface area contributed by atoms with Gasteiger partial charge in [0.25, 0.3) is 5.91 Å². The summed E-state index contributed by atoms with van der Waals surface area (Å²) in [6.07, 6.45) is 3.35. The van der Waals surface area contributed by atoms with Crippen molar-refractivity contribution in [3.05, 3.63) is 23.5 Å². The van der Waals surface area contributed by atoms with Crippen LogP contribution in [0.1, 0.15) is 55.2 Å². The average Bonchev–Trinajstić information content (AvgIpc) is 2.84. The summed E-state index contributed by atoms with van der Waals surface area (Å²) in [4.78, 5) is 28.6. The van der Waals surface area contributed by atoms with Crippen LogP contribution in [0.25, 0.3) is 11.0 Å². The van der Waals surface area contributed by atoms with E-state index in [2.05, 4.69) is 15.4 Å². The van der Waals surface area contributed by atoms with Gasteiger partial charge in [-0.2, -0.15) is 5.10 Å². The van der Waals surface area contributed by atoms with E-state index in [1.54, 1.807) is 16.9 Å². The lowest BCUT2D eigenvalue weighted by Gasteiger charge is -2.38. The molecule has 0 radical (unpaired) electrons. The molecule has 0 aliphatic heterocycles. The topological polar surface area (TPSA) is 97.1 Å². The van der Waals surface area contributed by atoms with Crippen molar-refractivity contribution in [2.24, 2.45) is 0 Å². The minimum absolute atomic E-state index is 0.120. The maximum Gasteiger partial charge on any atom is 0.329 e. The number of nitrogens with zero attached hydrogens (tertiary/aromatic N) is 3. The molecule has 1 amide bonds. The Balaban J connectivity index is 2.02. The predicted octanol–water partition coefficient (Wildman–Crippen LogP) is 2.06. The second-order valence-electron chi connectivity index (χ2n) is 6.43. The molecule has 2 aromatic heterocycles. The number of rotatable bonds is 4. The van der Waals surface area contributed by atoms with Crippen LogP contribution in [0.3, 0.4) is 0 Å². The maximum atomic E-state index is 12.7. The van der Waals surface area contributed by atoms with E-state index in [0.717, 1.165) is 6.42 Å². The Morgan fingerprint density at radius 2 is 2.09 bits per heavy atom. The third-order valence-electron chi connectivity index (χ3n) is 4.40. The van der Waals surface area contributed by atoms with E-state index in [4.69, 9.17) is 0 Å². The molecule has 0 unspecified atom stereocenters. The molecule has 0 bridgehead atoms. The van der Waals surface area contributed by atoms with Gasteiger partial charge in [0.15, 0.2) is 5.65 Å². The Morgan fingerprint density at radius 3 is 2.61 bits per heavy atom. The van der Waals surface area contributed by atoms with Gasteiger partial charge in [0.2, 0.25) is 0 Å². The number of amides is 1. The molecule has 7 nitrogen and oxygen atoms in total. The molecule has 7 heteroatoms. The fourth-order valence-electron chi connectivity index (χ4n) is 2.92. The van der Waals surface area contributed by atoms with Crippen molar-refractivity contribution in [2.75, 3.05) is 0 Å². The minimum Gasteiger partial charge on any atom is -0.480 e. The van der Waals surface area contributed by atoms with Gasteiger partial charge in [-0.15, -0.1) is 0 Å². The summed E-state index contributed by atoms with van der Waals surface area (Å²) in [7, 11) is 0. The molecule has 23 heavy (non-hydrogen) atoms. The molecule has 0 atom stereocenters. The molecular weight excluding hydrogens is 296 g/mol. The van der Waals surface area contributed by atoms with Crippen LogP contribution in [0.4, 0.5) is 0 Å². The number of aryl methyl sites for hydroxylation is 1. The van der Waals surface area contributed by atoms with Crippen molar-refractivity contribution in [1.29, 1.82) is 0 Å². The van der Waals surface area contributed by atoms with Gasteiger partial charge in [0, 0.05) is 11.7 Å². The van der Waals surface area contributed by atoms with Gasteiger partial charge in [-0.05, 0) is 46.1 Å². The molecule has 2 heterocycles. The summed E-state index contributed by atoms with van der Waals surface area (Å²) in [5, 5.41) is 17.0. The highest BCUT2D eigenvalue weighted by atomic mass is 16.4. The van der Waals surface area contributed by atoms with Gasteiger partial charge >= 0.3 is 5.97 Å². The molecule has 0 aromatic carbocycles. The molecule has 2 aromatic rings. The Kier molecular flexibility index (Phi) is 3.58. The lowest BCUT2D eigenvalue weighted by Crippen LogP contribution is -2.59. The predicted molar refractivity (Wildman–Crippen MR) is 84.3 cm³/mol. The molecule has 1 fully saturated rings. The smallest absolute Gasteiger partial charge is 0.329 e. The lowest BCUT2D eigenvalue weighted by atomic mass is 9.76. The number of carbonyl (C=O) groups is 2. The number of pyridine rings is 1. The number of nitrogens with one attached hydrogen (secondary N) is 1. The fraction of sp³-hybridized carbons (Fsp3) is 0.500. The van der Waals surface area contributed by atoms with Crippen LogP contribution in [0, 0.1) is 6.92 Å². The van der Waals surface area contributed by atoms with Gasteiger partial charge in [-0.3, -0.25) is 4.79 Å². The Hall–Kier alpha value is -2.44. The van der Waals surface area contributed by atoms with E-state index in [0.29, 0.717) is 35.1 Å². The summed E-state index contributed by atoms with van der Waals surface area (Å²) in [5.74, 6) is -1.36. The van der Waals surface area contributed by atoms with Crippen LogP contribution in [-0.2, 0) is 4.79 Å². The third-order valence-corrected chi connectivity index (χ3v) is 4.40. The summed E-state index contributed by atoms with van der Waals surface area (Å²) < 4.78 is 1.76. The monoisotopic (exact) mass is 316 g/mol. The highest BCUT2D eigenvalue weighted by Gasteiger charge is 2.46. The molecular formula is C16H20N4O3. The Labute approximate surface area is 133 Å². The Bertz CT molecular complexity index is 790. The van der Waals surface area contributed by atoms with Crippen molar-refractivity contribution in [1.82, 2.24) is 20.1 Å². The van der Waals surface area contributed by atoms with Crippen molar-refractivity contribution in [3.63, 3.8) is 0 Å². The first-order valence-corrected chi connectivity index (χ1v) is 7.75. The minimum atomic E-state index is -1.13. The maximum absolute atomic E-state index is 12.7. The molecule has 0 saturated heterocycles. The SMILES string of the molecule is Cc1cc(C(=O)NC2(C(=O)O)CCC2)c2cnn(C(C)C)c2n1. The van der Waals surface area contributed by atoms with Crippen molar-refractivity contribution >= 4 is 22.9 Å². The average molecular weight is 316 g/mol. The number of aliphatic carboxylic acids is 1. The highest BCUT2D eigenvalue weighted by molar-refractivity contribution is 6.07. The number of hydrogen-bond acceptors (Lipinski definition) is 4. The van der Waals surface area contributed by atoms with Crippen molar-refractivity contribution in [3.8, 4) is 0 Å². The first-order chi connectivity index (χ1) is 10.8. The van der Waals surface area contributed by atoms with E-state index in [9.17, 15) is 14.7 Å². The van der Waals surface area contributed by atoms with Crippen LogP contribution < -0.4 is 5.32 Å². The zero-order valence-corrected chi connectivity index (χ0v) is 13.5. The standard InChI is InChI=1S/C16H20N4O3/c1-9(2)20-13-12(8-17-20)11(7-10(3)18-13)14(21)19-16(15(22)23)5-4-6-16/h7-9H,4-6H2,1-3H3,(H,19,21)(H,22,23). The fourth-order valence-corrected chi connectivity index (χ4v) is 2.92. The summed E-state index contributed by atoms with van der Waals surface area (Å²) in [6.45, 7) is 5.79. The van der Waals surface area contributed by atoms with Crippen LogP contribution in [0.15, 0.2) is 12.3 Å². The van der Waals surface area contributed by atoms with Gasteiger partial charge in [-0.1, -0.05) is 0 Å². The second-order valence-corrected chi connectivity index (χ2v) is 6.43. The van der Waals surface area contributed by atoms with Crippen LogP contribution in [-0.4, -0.2) is 37.3 Å². The van der Waals surface area contributed by atoms with Crippen molar-refractivity contribution in [2.45, 2.75) is 51.6 Å². The number of carbonyl (C=O) groups excluding carboxylic acids is 1. The third kappa shape index (κ3) is 2.46.